The van der Waals surface area contributed by atoms with Crippen LogP contribution in [0.4, 0.5) is 0 Å². The lowest BCUT2D eigenvalue weighted by Gasteiger charge is -2.27. The van der Waals surface area contributed by atoms with E-state index in [0.717, 1.165) is 18.4 Å². The molecule has 1 rings (SSSR count). The molecule has 3 atom stereocenters. The summed E-state index contributed by atoms with van der Waals surface area (Å²) in [5.74, 6) is 0.733. The van der Waals surface area contributed by atoms with Crippen LogP contribution in [0, 0.1) is 5.92 Å². The molecule has 1 aliphatic heterocycles. The molecule has 1 aliphatic rings. The number of halogens is 1. The number of hydrogen-bond acceptors (Lipinski definition) is 1. The van der Waals surface area contributed by atoms with E-state index in [-0.39, 0.29) is 0 Å². The molecule has 0 aliphatic carbocycles. The largest absolute Gasteiger partial charge is 0.303 e. The lowest BCUT2D eigenvalue weighted by molar-refractivity contribution is 0.250. The Kier molecular flexibility index (Phi) is 4.54. The van der Waals surface area contributed by atoms with Crippen LogP contribution < -0.4 is 0 Å². The molecule has 0 N–H and O–H groups in total. The molecule has 0 aromatic heterocycles. The molecule has 0 radical (unpaired) electrons. The summed E-state index contributed by atoms with van der Waals surface area (Å²) in [5.41, 5.74) is 0. The fourth-order valence-electron chi connectivity index (χ4n) is 2.49. The zero-order chi connectivity index (χ0) is 9.84. The molecule has 0 saturated carbocycles. The SMILES string of the molecule is CCCC1C(C(Cl)CC)CCN1C. The van der Waals surface area contributed by atoms with Gasteiger partial charge in [0.2, 0.25) is 0 Å². The maximum atomic E-state index is 6.34. The Morgan fingerprint density at radius 1 is 1.46 bits per heavy atom. The number of alkyl halides is 1. The Morgan fingerprint density at radius 2 is 2.15 bits per heavy atom. The zero-order valence-electron chi connectivity index (χ0n) is 9.09. The van der Waals surface area contributed by atoms with E-state index in [9.17, 15) is 0 Å². The molecule has 0 aromatic carbocycles. The third kappa shape index (κ3) is 2.60. The summed E-state index contributed by atoms with van der Waals surface area (Å²) in [6.45, 7) is 5.69. The predicted molar refractivity (Wildman–Crippen MR) is 59.4 cm³/mol. The van der Waals surface area contributed by atoms with Crippen LogP contribution in [0.2, 0.25) is 0 Å². The van der Waals surface area contributed by atoms with Gasteiger partial charge in [0, 0.05) is 11.4 Å². The molecule has 1 fully saturated rings. The van der Waals surface area contributed by atoms with Crippen molar-refractivity contribution in [3.63, 3.8) is 0 Å². The number of nitrogens with zero attached hydrogens (tertiary/aromatic N) is 1. The lowest BCUT2D eigenvalue weighted by Crippen LogP contribution is -2.32. The van der Waals surface area contributed by atoms with Gasteiger partial charge in [-0.25, -0.2) is 0 Å². The average molecular weight is 204 g/mol. The first-order chi connectivity index (χ1) is 6.20. The molecule has 3 unspecified atom stereocenters. The Balaban J connectivity index is 2.52. The van der Waals surface area contributed by atoms with Crippen molar-refractivity contribution in [2.24, 2.45) is 5.92 Å². The van der Waals surface area contributed by atoms with Gasteiger partial charge in [0.25, 0.3) is 0 Å². The van der Waals surface area contributed by atoms with Crippen molar-refractivity contribution in [3.8, 4) is 0 Å². The molecule has 0 aromatic rings. The van der Waals surface area contributed by atoms with Gasteiger partial charge in [-0.05, 0) is 38.8 Å². The first-order valence-corrected chi connectivity index (χ1v) is 5.98. The third-order valence-electron chi connectivity index (χ3n) is 3.31. The molecule has 13 heavy (non-hydrogen) atoms. The van der Waals surface area contributed by atoms with Gasteiger partial charge in [-0.2, -0.15) is 0 Å². The van der Waals surface area contributed by atoms with Gasteiger partial charge in [-0.3, -0.25) is 0 Å². The highest BCUT2D eigenvalue weighted by Crippen LogP contribution is 2.32. The Bertz CT molecular complexity index is 147. The van der Waals surface area contributed by atoms with E-state index in [2.05, 4.69) is 25.8 Å². The van der Waals surface area contributed by atoms with Crippen molar-refractivity contribution in [2.45, 2.75) is 50.9 Å². The lowest BCUT2D eigenvalue weighted by atomic mass is 9.92. The smallest absolute Gasteiger partial charge is 0.0377 e. The molecule has 0 amide bonds. The summed E-state index contributed by atoms with van der Waals surface area (Å²) in [4.78, 5) is 2.49. The maximum Gasteiger partial charge on any atom is 0.0377 e. The number of likely N-dealkylation sites (tertiary alicyclic amines) is 1. The van der Waals surface area contributed by atoms with Crippen molar-refractivity contribution < 1.29 is 0 Å². The molecular formula is C11H22ClN. The number of rotatable bonds is 4. The van der Waals surface area contributed by atoms with Crippen LogP contribution in [0.1, 0.15) is 39.5 Å². The zero-order valence-corrected chi connectivity index (χ0v) is 9.85. The summed E-state index contributed by atoms with van der Waals surface area (Å²) in [6.07, 6.45) is 4.99. The second kappa shape index (κ2) is 5.21. The molecule has 1 saturated heterocycles. The summed E-state index contributed by atoms with van der Waals surface area (Å²) in [6, 6.07) is 0.743. The highest BCUT2D eigenvalue weighted by Gasteiger charge is 2.34. The van der Waals surface area contributed by atoms with Crippen LogP contribution in [-0.2, 0) is 0 Å². The summed E-state index contributed by atoms with van der Waals surface area (Å²) in [7, 11) is 2.24. The third-order valence-corrected chi connectivity index (χ3v) is 3.95. The topological polar surface area (TPSA) is 3.24 Å². The van der Waals surface area contributed by atoms with E-state index in [4.69, 9.17) is 11.6 Å². The van der Waals surface area contributed by atoms with Crippen molar-refractivity contribution in [2.75, 3.05) is 13.6 Å². The van der Waals surface area contributed by atoms with E-state index >= 15 is 0 Å². The quantitative estimate of drug-likeness (QED) is 0.635. The molecule has 1 heterocycles. The van der Waals surface area contributed by atoms with Crippen LogP contribution in [0.5, 0.6) is 0 Å². The van der Waals surface area contributed by atoms with Crippen molar-refractivity contribution in [3.05, 3.63) is 0 Å². The van der Waals surface area contributed by atoms with Crippen LogP contribution in [0.25, 0.3) is 0 Å². The van der Waals surface area contributed by atoms with E-state index in [1.807, 2.05) is 0 Å². The molecular weight excluding hydrogens is 182 g/mol. The predicted octanol–water partition coefficient (Wildman–Crippen LogP) is 3.12. The minimum atomic E-state index is 0.390. The summed E-state index contributed by atoms with van der Waals surface area (Å²) >= 11 is 6.34. The van der Waals surface area contributed by atoms with Crippen molar-refractivity contribution in [1.82, 2.24) is 4.90 Å². The monoisotopic (exact) mass is 203 g/mol. The molecule has 78 valence electrons. The van der Waals surface area contributed by atoms with Crippen LogP contribution in [0.3, 0.4) is 0 Å². The Morgan fingerprint density at radius 3 is 2.69 bits per heavy atom. The first kappa shape index (κ1) is 11.3. The van der Waals surface area contributed by atoms with E-state index in [1.165, 1.54) is 25.8 Å². The van der Waals surface area contributed by atoms with Crippen molar-refractivity contribution >= 4 is 11.6 Å². The van der Waals surface area contributed by atoms with Gasteiger partial charge < -0.3 is 4.90 Å². The Labute approximate surface area is 87.4 Å². The van der Waals surface area contributed by atoms with Gasteiger partial charge in [0.1, 0.15) is 0 Å². The molecule has 1 nitrogen and oxygen atoms in total. The van der Waals surface area contributed by atoms with Gasteiger partial charge in [-0.15, -0.1) is 11.6 Å². The second-order valence-electron chi connectivity index (χ2n) is 4.21. The molecule has 0 spiro atoms. The standard InChI is InChI=1S/C11H22ClN/c1-4-6-11-9(10(12)5-2)7-8-13(11)3/h9-11H,4-8H2,1-3H3. The number of hydrogen-bond donors (Lipinski definition) is 0. The molecule has 2 heteroatoms. The van der Waals surface area contributed by atoms with E-state index in [1.54, 1.807) is 0 Å². The molecule has 0 bridgehead atoms. The van der Waals surface area contributed by atoms with Gasteiger partial charge in [0.05, 0.1) is 0 Å². The Hall–Kier alpha value is 0.250. The van der Waals surface area contributed by atoms with Crippen molar-refractivity contribution in [1.29, 1.82) is 0 Å². The minimum Gasteiger partial charge on any atom is -0.303 e. The van der Waals surface area contributed by atoms with E-state index < -0.39 is 0 Å². The van der Waals surface area contributed by atoms with Gasteiger partial charge >= 0.3 is 0 Å². The fourth-order valence-corrected chi connectivity index (χ4v) is 2.79. The minimum absolute atomic E-state index is 0.390. The normalized spacial score (nSPS) is 32.3. The van der Waals surface area contributed by atoms with Gasteiger partial charge in [-0.1, -0.05) is 20.3 Å². The second-order valence-corrected chi connectivity index (χ2v) is 4.77. The summed E-state index contributed by atoms with van der Waals surface area (Å²) < 4.78 is 0. The summed E-state index contributed by atoms with van der Waals surface area (Å²) in [5, 5.41) is 0.390. The van der Waals surface area contributed by atoms with Crippen LogP contribution >= 0.6 is 11.6 Å². The highest BCUT2D eigenvalue weighted by atomic mass is 35.5. The first-order valence-electron chi connectivity index (χ1n) is 5.55. The van der Waals surface area contributed by atoms with Crippen LogP contribution in [-0.4, -0.2) is 29.9 Å². The maximum absolute atomic E-state index is 6.34. The highest BCUT2D eigenvalue weighted by molar-refractivity contribution is 6.20. The average Bonchev–Trinajstić information content (AvgIpc) is 2.48. The van der Waals surface area contributed by atoms with E-state index in [0.29, 0.717) is 5.38 Å². The van der Waals surface area contributed by atoms with Crippen LogP contribution in [0.15, 0.2) is 0 Å². The van der Waals surface area contributed by atoms with Gasteiger partial charge in [0.15, 0.2) is 0 Å². The fraction of sp³-hybridized carbons (Fsp3) is 1.00.